The summed E-state index contributed by atoms with van der Waals surface area (Å²) in [5, 5.41) is 5.13. The lowest BCUT2D eigenvalue weighted by Gasteiger charge is -2.16. The van der Waals surface area contributed by atoms with Crippen LogP contribution in [0.1, 0.15) is 26.3 Å². The second-order valence-corrected chi connectivity index (χ2v) is 5.53. The Hall–Kier alpha value is -3.10. The average Bonchev–Trinajstić information content (AvgIpc) is 2.61. The predicted octanol–water partition coefficient (Wildman–Crippen LogP) is 3.97. The minimum atomic E-state index is -4.75. The van der Waals surface area contributed by atoms with Gasteiger partial charge in [-0.15, -0.1) is 0 Å². The fourth-order valence-corrected chi connectivity index (χ4v) is 1.87. The quantitative estimate of drug-likeness (QED) is 0.424. The number of ether oxygens (including phenoxy) is 1. The van der Waals surface area contributed by atoms with Crippen molar-refractivity contribution >= 4 is 11.9 Å². The van der Waals surface area contributed by atoms with Gasteiger partial charge in [0.15, 0.2) is 0 Å². The van der Waals surface area contributed by atoms with Crippen LogP contribution < -0.4 is 15.4 Å². The Morgan fingerprint density at radius 3 is 2.30 bits per heavy atom. The first-order valence-electron chi connectivity index (χ1n) is 7.79. The first kappa shape index (κ1) is 21.9. The predicted molar refractivity (Wildman–Crippen MR) is 96.8 cm³/mol. The van der Waals surface area contributed by atoms with E-state index in [1.807, 2.05) is 0 Å². The van der Waals surface area contributed by atoms with Gasteiger partial charge in [-0.1, -0.05) is 18.7 Å². The van der Waals surface area contributed by atoms with E-state index in [0.717, 1.165) is 11.6 Å². The van der Waals surface area contributed by atoms with Crippen LogP contribution in [-0.2, 0) is 11.0 Å². The maximum atomic E-state index is 13.3. The van der Waals surface area contributed by atoms with Gasteiger partial charge in [-0.25, -0.2) is 4.98 Å². The molecule has 0 saturated heterocycles. The molecule has 0 aliphatic rings. The molecule has 0 unspecified atom stereocenters. The highest BCUT2D eigenvalue weighted by molar-refractivity contribution is 5.93. The molecule has 0 aliphatic heterocycles. The number of nitrogens with zero attached hydrogens (tertiary/aromatic N) is 2. The molecule has 0 radical (unpaired) electrons. The molecule has 0 aromatic carbocycles. The zero-order chi connectivity index (χ0) is 20.8. The molecular weight excluding hydrogens is 361 g/mol. The third-order valence-electron chi connectivity index (χ3n) is 3.38. The largest absolute Gasteiger partial charge is 0.438 e. The number of halogens is 3. The molecule has 6 nitrogen and oxygen atoms in total. The lowest BCUT2D eigenvalue weighted by Crippen LogP contribution is -2.21. The van der Waals surface area contributed by atoms with E-state index < -0.39 is 23.5 Å². The topological polar surface area (TPSA) is 76.1 Å². The Kier molecular flexibility index (Phi) is 7.33. The van der Waals surface area contributed by atoms with E-state index in [1.54, 1.807) is 13.8 Å². The van der Waals surface area contributed by atoms with Crippen LogP contribution in [0.5, 0.6) is 5.88 Å². The number of alkyl halides is 3. The van der Waals surface area contributed by atoms with Crippen LogP contribution in [0.15, 0.2) is 54.1 Å². The number of hydrogen-bond donors (Lipinski definition) is 2. The first-order chi connectivity index (χ1) is 12.5. The molecule has 1 aromatic rings. The van der Waals surface area contributed by atoms with E-state index in [4.69, 9.17) is 4.74 Å². The fraction of sp³-hybridized carbons (Fsp3) is 0.278. The van der Waals surface area contributed by atoms with Crippen molar-refractivity contribution in [3.63, 3.8) is 0 Å². The van der Waals surface area contributed by atoms with Crippen molar-refractivity contribution in [1.29, 1.82) is 0 Å². The number of amides is 1. The summed E-state index contributed by atoms with van der Waals surface area (Å²) >= 11 is 0. The first-order valence-corrected chi connectivity index (χ1v) is 7.79. The Balaban J connectivity index is 3.46. The molecule has 1 aromatic heterocycles. The van der Waals surface area contributed by atoms with Gasteiger partial charge < -0.3 is 15.4 Å². The van der Waals surface area contributed by atoms with Crippen molar-refractivity contribution in [3.8, 4) is 5.88 Å². The maximum absolute atomic E-state index is 13.3. The maximum Gasteiger partial charge on any atom is 0.423 e. The van der Waals surface area contributed by atoms with Crippen LogP contribution in [-0.4, -0.2) is 22.9 Å². The van der Waals surface area contributed by atoms with Gasteiger partial charge in [0.25, 0.3) is 0 Å². The van der Waals surface area contributed by atoms with Crippen LogP contribution in [0.3, 0.4) is 0 Å². The molecule has 1 heterocycles. The smallest absolute Gasteiger partial charge is 0.423 e. The second-order valence-electron chi connectivity index (χ2n) is 5.53. The van der Waals surface area contributed by atoms with Crippen LogP contribution in [0, 0.1) is 0 Å². The van der Waals surface area contributed by atoms with Gasteiger partial charge >= 0.3 is 6.18 Å². The molecule has 0 saturated carbocycles. The van der Waals surface area contributed by atoms with Crippen LogP contribution >= 0.6 is 0 Å². The summed E-state index contributed by atoms with van der Waals surface area (Å²) in [5.74, 6) is -1.55. The summed E-state index contributed by atoms with van der Waals surface area (Å²) in [5.41, 5.74) is 0.235. The van der Waals surface area contributed by atoms with E-state index in [0.29, 0.717) is 11.9 Å². The Bertz CT molecular complexity index is 807. The fourth-order valence-electron chi connectivity index (χ4n) is 1.87. The van der Waals surface area contributed by atoms with Crippen molar-refractivity contribution in [2.24, 2.45) is 0 Å². The Morgan fingerprint density at radius 2 is 1.85 bits per heavy atom. The van der Waals surface area contributed by atoms with Crippen LogP contribution in [0.25, 0.3) is 0 Å². The number of carbonyl (C=O) groups excluding carboxylic acids is 1. The molecule has 0 aliphatic carbocycles. The van der Waals surface area contributed by atoms with Crippen molar-refractivity contribution in [1.82, 2.24) is 15.3 Å². The molecule has 0 bridgehead atoms. The molecular formula is C18H21F3N4O2. The van der Waals surface area contributed by atoms with Gasteiger partial charge in [-0.05, 0) is 32.9 Å². The van der Waals surface area contributed by atoms with Gasteiger partial charge in [-0.3, -0.25) is 4.79 Å². The van der Waals surface area contributed by atoms with Gasteiger partial charge in [-0.2, -0.15) is 18.2 Å². The van der Waals surface area contributed by atoms with Crippen molar-refractivity contribution < 1.29 is 22.7 Å². The Labute approximate surface area is 155 Å². The average molecular weight is 382 g/mol. The monoisotopic (exact) mass is 382 g/mol. The number of likely N-dealkylation sites (N-methyl/N-ethyl adjacent to an activating group) is 1. The highest BCUT2D eigenvalue weighted by Crippen LogP contribution is 2.36. The van der Waals surface area contributed by atoms with E-state index in [1.165, 1.54) is 20.0 Å². The molecule has 27 heavy (non-hydrogen) atoms. The Morgan fingerprint density at radius 1 is 1.22 bits per heavy atom. The normalized spacial score (nSPS) is 11.8. The molecule has 2 N–H and O–H groups in total. The third kappa shape index (κ3) is 5.70. The summed E-state index contributed by atoms with van der Waals surface area (Å²) in [6.07, 6.45) is -1.53. The lowest BCUT2D eigenvalue weighted by atomic mass is 10.2. The summed E-state index contributed by atoms with van der Waals surface area (Å²) in [6.45, 7) is 12.1. The molecule has 146 valence electrons. The number of nitrogens with one attached hydrogen (secondary N) is 2. The van der Waals surface area contributed by atoms with Crippen molar-refractivity contribution in [3.05, 3.63) is 59.7 Å². The van der Waals surface area contributed by atoms with E-state index >= 15 is 0 Å². The van der Waals surface area contributed by atoms with Crippen molar-refractivity contribution in [2.75, 3.05) is 12.4 Å². The van der Waals surface area contributed by atoms with Gasteiger partial charge in [0.05, 0.1) is 5.57 Å². The number of hydrogen-bond acceptors (Lipinski definition) is 5. The van der Waals surface area contributed by atoms with Gasteiger partial charge in [0.2, 0.25) is 17.7 Å². The van der Waals surface area contributed by atoms with Crippen LogP contribution in [0.2, 0.25) is 0 Å². The molecule has 0 atom stereocenters. The van der Waals surface area contributed by atoms with Gasteiger partial charge in [0.1, 0.15) is 11.3 Å². The summed E-state index contributed by atoms with van der Waals surface area (Å²) < 4.78 is 45.1. The van der Waals surface area contributed by atoms with Gasteiger partial charge in [0, 0.05) is 18.9 Å². The summed E-state index contributed by atoms with van der Waals surface area (Å²) in [7, 11) is 1.39. The lowest BCUT2D eigenvalue weighted by molar-refractivity contribution is -0.139. The summed E-state index contributed by atoms with van der Waals surface area (Å²) in [4.78, 5) is 19.2. The second kappa shape index (κ2) is 9.02. The minimum Gasteiger partial charge on any atom is -0.438 e. The number of carbonyl (C=O) groups is 1. The summed E-state index contributed by atoms with van der Waals surface area (Å²) in [6, 6.07) is 0. The van der Waals surface area contributed by atoms with Crippen molar-refractivity contribution in [2.45, 2.75) is 26.9 Å². The SMILES string of the molecule is C=CC(Nc1ncc(C(F)(F)F)c(O/C(C=C)=C(/C)C(=O)NC)n1)=C(C)C. The van der Waals surface area contributed by atoms with E-state index in [2.05, 4.69) is 33.8 Å². The highest BCUT2D eigenvalue weighted by atomic mass is 19.4. The number of anilines is 1. The standard InChI is InChI=1S/C18H21F3N4O2/c1-7-13(10(3)4)24-17-23-9-12(18(19,20)21)16(25-17)27-14(8-2)11(5)15(26)22-6/h7-9H,1-2H2,3-6H3,(H,22,26)(H,23,24,25)/b14-11-. The van der Waals surface area contributed by atoms with E-state index in [-0.39, 0.29) is 17.3 Å². The molecule has 0 spiro atoms. The minimum absolute atomic E-state index is 0.0461. The van der Waals surface area contributed by atoms with E-state index in [9.17, 15) is 18.0 Å². The number of allylic oxidation sites excluding steroid dienone is 3. The number of rotatable bonds is 7. The highest BCUT2D eigenvalue weighted by Gasteiger charge is 2.36. The molecule has 1 rings (SSSR count). The zero-order valence-corrected chi connectivity index (χ0v) is 15.5. The number of aromatic nitrogens is 2. The molecule has 9 heteroatoms. The molecule has 0 fully saturated rings. The zero-order valence-electron chi connectivity index (χ0n) is 15.5. The molecule has 1 amide bonds. The third-order valence-corrected chi connectivity index (χ3v) is 3.38. The van der Waals surface area contributed by atoms with Crippen LogP contribution in [0.4, 0.5) is 19.1 Å².